The summed E-state index contributed by atoms with van der Waals surface area (Å²) in [5.74, 6) is 1.19. The summed E-state index contributed by atoms with van der Waals surface area (Å²) in [5.41, 5.74) is 2.47. The topological polar surface area (TPSA) is 37.3 Å². The van der Waals surface area contributed by atoms with Crippen LogP contribution in [0.5, 0.6) is 0 Å². The van der Waals surface area contributed by atoms with Crippen molar-refractivity contribution in [3.63, 3.8) is 0 Å². The summed E-state index contributed by atoms with van der Waals surface area (Å²) in [7, 11) is 0. The van der Waals surface area contributed by atoms with Crippen LogP contribution >= 0.6 is 11.8 Å². The minimum atomic E-state index is 0.349. The molecule has 1 aliphatic carbocycles. The standard InChI is InChI=1S/C15H21N3S/c1-12-6-5-7-13(17-12)10-16-14-18-15(11-19-14)8-3-2-4-9-15/h5-7H,2-4,8-11H2,1H3,(H,16,18). The maximum absolute atomic E-state index is 4.69. The molecule has 0 aromatic carbocycles. The van der Waals surface area contributed by atoms with Crippen LogP contribution in [-0.4, -0.2) is 21.4 Å². The predicted octanol–water partition coefficient (Wildman–Crippen LogP) is 3.29. The Hall–Kier alpha value is -1.03. The van der Waals surface area contributed by atoms with E-state index in [0.29, 0.717) is 12.1 Å². The first-order chi connectivity index (χ1) is 9.26. The van der Waals surface area contributed by atoms with Crippen LogP contribution in [0.1, 0.15) is 43.5 Å². The molecule has 1 aromatic rings. The third kappa shape index (κ3) is 3.11. The van der Waals surface area contributed by atoms with Crippen LogP contribution in [0.2, 0.25) is 0 Å². The molecule has 1 aromatic heterocycles. The maximum Gasteiger partial charge on any atom is 0.157 e. The summed E-state index contributed by atoms with van der Waals surface area (Å²) in [5, 5.41) is 4.79. The lowest BCUT2D eigenvalue weighted by Gasteiger charge is -2.32. The Morgan fingerprint density at radius 2 is 2.16 bits per heavy atom. The predicted molar refractivity (Wildman–Crippen MR) is 81.5 cm³/mol. The molecule has 102 valence electrons. The van der Waals surface area contributed by atoms with Gasteiger partial charge in [-0.05, 0) is 31.9 Å². The van der Waals surface area contributed by atoms with Gasteiger partial charge in [-0.1, -0.05) is 37.1 Å². The number of nitrogens with one attached hydrogen (secondary N) is 1. The lowest BCUT2D eigenvalue weighted by atomic mass is 9.83. The first-order valence-corrected chi connectivity index (χ1v) is 8.12. The number of aryl methyl sites for hydroxylation is 1. The zero-order valence-corrected chi connectivity index (χ0v) is 12.3. The summed E-state index contributed by atoms with van der Waals surface area (Å²) >= 11 is 1.88. The molecule has 0 atom stereocenters. The molecule has 3 nitrogen and oxygen atoms in total. The van der Waals surface area contributed by atoms with Gasteiger partial charge in [-0.15, -0.1) is 0 Å². The van der Waals surface area contributed by atoms with Gasteiger partial charge in [0.15, 0.2) is 5.17 Å². The number of aliphatic imine (C=N–C) groups is 1. The first kappa shape index (κ1) is 13.0. The van der Waals surface area contributed by atoms with E-state index in [-0.39, 0.29) is 0 Å². The van der Waals surface area contributed by atoms with Gasteiger partial charge < -0.3 is 5.32 Å². The normalized spacial score (nSPS) is 23.7. The number of hydrogen-bond acceptors (Lipinski definition) is 3. The molecule has 2 aliphatic rings. The van der Waals surface area contributed by atoms with Crippen molar-refractivity contribution in [2.24, 2.45) is 4.99 Å². The van der Waals surface area contributed by atoms with Gasteiger partial charge in [-0.3, -0.25) is 9.98 Å². The highest BCUT2D eigenvalue weighted by atomic mass is 32.2. The minimum absolute atomic E-state index is 0.349. The van der Waals surface area contributed by atoms with Crippen molar-refractivity contribution >= 4 is 16.9 Å². The summed E-state index contributed by atoms with van der Waals surface area (Å²) in [4.78, 5) is 9.18. The lowest BCUT2D eigenvalue weighted by molar-refractivity contribution is 0.303. The molecule has 0 bridgehead atoms. The van der Waals surface area contributed by atoms with Gasteiger partial charge in [0.25, 0.3) is 0 Å². The molecule has 0 unspecified atom stereocenters. The molecule has 1 saturated carbocycles. The van der Waals surface area contributed by atoms with Gasteiger partial charge in [-0.2, -0.15) is 0 Å². The molecule has 3 rings (SSSR count). The maximum atomic E-state index is 4.69. The van der Waals surface area contributed by atoms with Crippen molar-refractivity contribution in [1.82, 2.24) is 10.3 Å². The van der Waals surface area contributed by atoms with E-state index in [4.69, 9.17) is 4.99 Å². The Morgan fingerprint density at radius 1 is 1.32 bits per heavy atom. The molecular formula is C15H21N3S. The Morgan fingerprint density at radius 3 is 2.95 bits per heavy atom. The minimum Gasteiger partial charge on any atom is -0.359 e. The molecule has 2 heterocycles. The molecular weight excluding hydrogens is 254 g/mol. The van der Waals surface area contributed by atoms with Crippen molar-refractivity contribution in [3.8, 4) is 0 Å². The highest BCUT2D eigenvalue weighted by Gasteiger charge is 2.37. The fourth-order valence-electron chi connectivity index (χ4n) is 2.93. The van der Waals surface area contributed by atoms with Gasteiger partial charge >= 0.3 is 0 Å². The van der Waals surface area contributed by atoms with E-state index in [9.17, 15) is 0 Å². The van der Waals surface area contributed by atoms with Gasteiger partial charge in [0, 0.05) is 17.0 Å². The highest BCUT2D eigenvalue weighted by molar-refractivity contribution is 8.14. The van der Waals surface area contributed by atoms with E-state index in [1.54, 1.807) is 0 Å². The molecule has 0 amide bonds. The summed E-state index contributed by atoms with van der Waals surface area (Å²) in [6.07, 6.45) is 6.73. The average molecular weight is 275 g/mol. The first-order valence-electron chi connectivity index (χ1n) is 7.14. The molecule has 1 N–H and O–H groups in total. The van der Waals surface area contributed by atoms with Gasteiger partial charge in [0.05, 0.1) is 12.2 Å². The SMILES string of the molecule is Cc1cccc(CN=C2NC3(CCCCC3)CS2)n1. The zero-order valence-electron chi connectivity index (χ0n) is 11.5. The number of aromatic nitrogens is 1. The molecule has 1 aliphatic heterocycles. The molecule has 1 spiro atoms. The molecule has 4 heteroatoms. The van der Waals surface area contributed by atoms with Crippen molar-refractivity contribution in [3.05, 3.63) is 29.6 Å². The van der Waals surface area contributed by atoms with Crippen LogP contribution in [0.25, 0.3) is 0 Å². The van der Waals surface area contributed by atoms with Crippen LogP contribution in [0, 0.1) is 6.92 Å². The smallest absolute Gasteiger partial charge is 0.157 e. The van der Waals surface area contributed by atoms with E-state index >= 15 is 0 Å². The Labute approximate surface area is 119 Å². The van der Waals surface area contributed by atoms with E-state index in [2.05, 4.69) is 16.4 Å². The van der Waals surface area contributed by atoms with Crippen molar-refractivity contribution in [1.29, 1.82) is 0 Å². The van der Waals surface area contributed by atoms with Crippen molar-refractivity contribution in [2.75, 3.05) is 5.75 Å². The van der Waals surface area contributed by atoms with Crippen molar-refractivity contribution in [2.45, 2.75) is 51.1 Å². The summed E-state index contributed by atoms with van der Waals surface area (Å²) in [6, 6.07) is 6.12. The van der Waals surface area contributed by atoms with Crippen LogP contribution in [-0.2, 0) is 6.54 Å². The lowest BCUT2D eigenvalue weighted by Crippen LogP contribution is -2.45. The third-order valence-corrected chi connectivity index (χ3v) is 5.20. The van der Waals surface area contributed by atoms with Crippen molar-refractivity contribution < 1.29 is 0 Å². The Balaban J connectivity index is 1.62. The summed E-state index contributed by atoms with van der Waals surface area (Å²) < 4.78 is 0. The monoisotopic (exact) mass is 275 g/mol. The van der Waals surface area contributed by atoms with Gasteiger partial charge in [-0.25, -0.2) is 0 Å². The number of nitrogens with zero attached hydrogens (tertiary/aromatic N) is 2. The fourth-order valence-corrected chi connectivity index (χ4v) is 4.15. The van der Waals surface area contributed by atoms with Gasteiger partial charge in [0.2, 0.25) is 0 Å². The number of amidine groups is 1. The second-order valence-corrected chi connectivity index (χ2v) is 6.61. The Bertz CT molecular complexity index is 478. The van der Waals surface area contributed by atoms with Crippen LogP contribution in [0.4, 0.5) is 0 Å². The van der Waals surface area contributed by atoms with E-state index < -0.39 is 0 Å². The molecule has 1 saturated heterocycles. The number of rotatable bonds is 2. The largest absolute Gasteiger partial charge is 0.359 e. The van der Waals surface area contributed by atoms with Gasteiger partial charge in [0.1, 0.15) is 0 Å². The third-order valence-electron chi connectivity index (χ3n) is 4.00. The second-order valence-electron chi connectivity index (χ2n) is 5.65. The summed E-state index contributed by atoms with van der Waals surface area (Å²) in [6.45, 7) is 2.71. The quantitative estimate of drug-likeness (QED) is 0.900. The Kier molecular flexibility index (Phi) is 3.78. The number of thioether (sulfide) groups is 1. The van der Waals surface area contributed by atoms with Crippen LogP contribution in [0.15, 0.2) is 23.2 Å². The number of pyridine rings is 1. The highest BCUT2D eigenvalue weighted by Crippen LogP contribution is 2.36. The van der Waals surface area contributed by atoms with Crippen LogP contribution < -0.4 is 5.32 Å². The van der Waals surface area contributed by atoms with Crippen LogP contribution in [0.3, 0.4) is 0 Å². The van der Waals surface area contributed by atoms with E-state index in [1.807, 2.05) is 30.8 Å². The molecule has 19 heavy (non-hydrogen) atoms. The second kappa shape index (κ2) is 5.53. The van der Waals surface area contributed by atoms with E-state index in [1.165, 1.54) is 37.9 Å². The molecule has 2 fully saturated rings. The zero-order chi connectivity index (χ0) is 13.1. The molecule has 0 radical (unpaired) electrons. The van der Waals surface area contributed by atoms with E-state index in [0.717, 1.165) is 16.6 Å². The fraction of sp³-hybridized carbons (Fsp3) is 0.600. The number of hydrogen-bond donors (Lipinski definition) is 1. The average Bonchev–Trinajstić information content (AvgIpc) is 2.80.